The predicted molar refractivity (Wildman–Crippen MR) is 79.9 cm³/mol. The first-order valence-electron chi connectivity index (χ1n) is 7.41. The van der Waals surface area contributed by atoms with Crippen molar-refractivity contribution in [3.8, 4) is 0 Å². The zero-order valence-corrected chi connectivity index (χ0v) is 12.0. The Morgan fingerprint density at radius 2 is 2.25 bits per heavy atom. The summed E-state index contributed by atoms with van der Waals surface area (Å²) >= 11 is 0. The molecule has 5 nitrogen and oxygen atoms in total. The molecule has 0 bridgehead atoms. The highest BCUT2D eigenvalue weighted by molar-refractivity contribution is 5.97. The van der Waals surface area contributed by atoms with Gasteiger partial charge in [-0.2, -0.15) is 0 Å². The summed E-state index contributed by atoms with van der Waals surface area (Å²) in [6, 6.07) is 3.83. The van der Waals surface area contributed by atoms with Crippen molar-refractivity contribution >= 4 is 17.4 Å². The molecule has 1 amide bonds. The summed E-state index contributed by atoms with van der Waals surface area (Å²) in [6.07, 6.45) is 5.08. The molecule has 3 heterocycles. The average Bonchev–Trinajstić information content (AvgIpc) is 3.11. The number of carbonyl (C=O) groups is 1. The van der Waals surface area contributed by atoms with Crippen molar-refractivity contribution in [2.45, 2.75) is 26.2 Å². The van der Waals surface area contributed by atoms with Crippen LogP contribution in [-0.4, -0.2) is 37.1 Å². The van der Waals surface area contributed by atoms with Gasteiger partial charge < -0.3 is 15.5 Å². The van der Waals surface area contributed by atoms with Crippen molar-refractivity contribution in [2.24, 2.45) is 5.41 Å². The molecule has 0 aromatic carbocycles. The zero-order chi connectivity index (χ0) is 14.0. The number of nitrogens with zero attached hydrogens (tertiary/aromatic N) is 2. The molecule has 108 valence electrons. The van der Waals surface area contributed by atoms with E-state index in [2.05, 4.69) is 20.5 Å². The summed E-state index contributed by atoms with van der Waals surface area (Å²) < 4.78 is 0. The average molecular weight is 274 g/mol. The van der Waals surface area contributed by atoms with E-state index in [1.165, 1.54) is 12.8 Å². The van der Waals surface area contributed by atoms with Gasteiger partial charge in [-0.25, -0.2) is 4.98 Å². The maximum atomic E-state index is 12.5. The van der Waals surface area contributed by atoms with Gasteiger partial charge in [0.1, 0.15) is 0 Å². The Kier molecular flexibility index (Phi) is 3.61. The van der Waals surface area contributed by atoms with Crippen LogP contribution in [-0.2, 0) is 4.79 Å². The van der Waals surface area contributed by atoms with Gasteiger partial charge in [0.15, 0.2) is 5.82 Å². The number of aromatic nitrogens is 1. The third kappa shape index (κ3) is 2.50. The number of hydrogen-bond acceptors (Lipinski definition) is 4. The lowest BCUT2D eigenvalue weighted by Crippen LogP contribution is -2.36. The largest absolute Gasteiger partial charge is 0.355 e. The Labute approximate surface area is 119 Å². The van der Waals surface area contributed by atoms with Gasteiger partial charge in [0.25, 0.3) is 0 Å². The molecular weight excluding hydrogens is 252 g/mol. The van der Waals surface area contributed by atoms with Crippen LogP contribution in [0.5, 0.6) is 0 Å². The predicted octanol–water partition coefficient (Wildman–Crippen LogP) is 1.62. The van der Waals surface area contributed by atoms with Gasteiger partial charge in [0.2, 0.25) is 5.91 Å². The molecule has 0 radical (unpaired) electrons. The monoisotopic (exact) mass is 274 g/mol. The molecule has 2 fully saturated rings. The van der Waals surface area contributed by atoms with E-state index in [4.69, 9.17) is 0 Å². The Hall–Kier alpha value is -1.62. The van der Waals surface area contributed by atoms with Crippen LogP contribution >= 0.6 is 0 Å². The number of carbonyl (C=O) groups excluding carboxylic acids is 1. The summed E-state index contributed by atoms with van der Waals surface area (Å²) in [4.78, 5) is 19.2. The van der Waals surface area contributed by atoms with E-state index in [0.29, 0.717) is 0 Å². The molecule has 0 aliphatic carbocycles. The van der Waals surface area contributed by atoms with Gasteiger partial charge in [-0.05, 0) is 44.9 Å². The molecule has 2 aliphatic heterocycles. The van der Waals surface area contributed by atoms with Gasteiger partial charge >= 0.3 is 0 Å². The van der Waals surface area contributed by atoms with E-state index < -0.39 is 0 Å². The molecular formula is C15H22N4O. The van der Waals surface area contributed by atoms with E-state index in [1.807, 2.05) is 19.1 Å². The van der Waals surface area contributed by atoms with Gasteiger partial charge in [0.05, 0.1) is 11.1 Å². The van der Waals surface area contributed by atoms with E-state index in [9.17, 15) is 4.79 Å². The van der Waals surface area contributed by atoms with Crippen LogP contribution in [0.15, 0.2) is 18.3 Å². The van der Waals surface area contributed by atoms with Crippen molar-refractivity contribution in [3.05, 3.63) is 18.3 Å². The van der Waals surface area contributed by atoms with Crippen LogP contribution in [0.2, 0.25) is 0 Å². The van der Waals surface area contributed by atoms with Crippen molar-refractivity contribution in [1.82, 2.24) is 10.3 Å². The second-order valence-corrected chi connectivity index (χ2v) is 6.01. The normalized spacial score (nSPS) is 25.9. The second kappa shape index (κ2) is 5.40. The van der Waals surface area contributed by atoms with Crippen LogP contribution < -0.4 is 15.5 Å². The van der Waals surface area contributed by atoms with E-state index in [0.717, 1.165) is 44.1 Å². The van der Waals surface area contributed by atoms with Crippen molar-refractivity contribution < 1.29 is 4.79 Å². The topological polar surface area (TPSA) is 57.3 Å². The van der Waals surface area contributed by atoms with Crippen LogP contribution in [0.3, 0.4) is 0 Å². The fraction of sp³-hybridized carbons (Fsp3) is 0.600. The van der Waals surface area contributed by atoms with E-state index in [-0.39, 0.29) is 11.3 Å². The van der Waals surface area contributed by atoms with E-state index in [1.54, 1.807) is 6.20 Å². The SMILES string of the molecule is CC1(C(=O)Nc2cccnc2N2CCCC2)CCNC1. The molecule has 1 aromatic rings. The maximum Gasteiger partial charge on any atom is 0.231 e. The quantitative estimate of drug-likeness (QED) is 0.879. The van der Waals surface area contributed by atoms with Crippen molar-refractivity contribution in [1.29, 1.82) is 0 Å². The molecule has 5 heteroatoms. The molecule has 3 rings (SSSR count). The van der Waals surface area contributed by atoms with Gasteiger partial charge in [0, 0.05) is 25.8 Å². The first-order valence-corrected chi connectivity index (χ1v) is 7.41. The van der Waals surface area contributed by atoms with Crippen molar-refractivity contribution in [2.75, 3.05) is 36.4 Å². The number of anilines is 2. The molecule has 1 unspecified atom stereocenters. The standard InChI is InChI=1S/C15H22N4O/c1-15(6-8-16-11-15)14(20)18-12-5-4-7-17-13(12)19-9-2-3-10-19/h4-5,7,16H,2-3,6,8-11H2,1H3,(H,18,20). The lowest BCUT2D eigenvalue weighted by Gasteiger charge is -2.24. The Morgan fingerprint density at radius 1 is 1.45 bits per heavy atom. The minimum Gasteiger partial charge on any atom is -0.355 e. The number of amides is 1. The molecule has 2 aliphatic rings. The summed E-state index contributed by atoms with van der Waals surface area (Å²) in [5.74, 6) is 1.00. The highest BCUT2D eigenvalue weighted by Crippen LogP contribution is 2.30. The van der Waals surface area contributed by atoms with Crippen molar-refractivity contribution in [3.63, 3.8) is 0 Å². The van der Waals surface area contributed by atoms with Crippen LogP contribution in [0, 0.1) is 5.41 Å². The lowest BCUT2D eigenvalue weighted by molar-refractivity contribution is -0.123. The van der Waals surface area contributed by atoms with Crippen LogP contribution in [0.4, 0.5) is 11.5 Å². The van der Waals surface area contributed by atoms with Gasteiger partial charge in [-0.15, -0.1) is 0 Å². The third-order valence-corrected chi connectivity index (χ3v) is 4.36. The van der Waals surface area contributed by atoms with E-state index >= 15 is 0 Å². The molecule has 20 heavy (non-hydrogen) atoms. The lowest BCUT2D eigenvalue weighted by atomic mass is 9.89. The molecule has 2 N–H and O–H groups in total. The Bertz CT molecular complexity index is 490. The molecule has 0 spiro atoms. The minimum absolute atomic E-state index is 0.0935. The molecule has 1 aromatic heterocycles. The summed E-state index contributed by atoms with van der Waals surface area (Å²) in [7, 11) is 0. The smallest absolute Gasteiger partial charge is 0.231 e. The number of nitrogens with one attached hydrogen (secondary N) is 2. The fourth-order valence-electron chi connectivity index (χ4n) is 2.96. The molecule has 1 atom stereocenters. The summed E-state index contributed by atoms with van der Waals surface area (Å²) in [6.45, 7) is 5.74. The number of hydrogen-bond donors (Lipinski definition) is 2. The highest BCUT2D eigenvalue weighted by atomic mass is 16.2. The molecule has 2 saturated heterocycles. The zero-order valence-electron chi connectivity index (χ0n) is 12.0. The number of pyridine rings is 1. The maximum absolute atomic E-state index is 12.5. The fourth-order valence-corrected chi connectivity index (χ4v) is 2.96. The third-order valence-electron chi connectivity index (χ3n) is 4.36. The van der Waals surface area contributed by atoms with Gasteiger partial charge in [-0.1, -0.05) is 0 Å². The Balaban J connectivity index is 1.78. The highest BCUT2D eigenvalue weighted by Gasteiger charge is 2.36. The summed E-state index contributed by atoms with van der Waals surface area (Å²) in [5, 5.41) is 6.35. The first kappa shape index (κ1) is 13.4. The Morgan fingerprint density at radius 3 is 2.95 bits per heavy atom. The minimum atomic E-state index is -0.307. The summed E-state index contributed by atoms with van der Waals surface area (Å²) in [5.41, 5.74) is 0.533. The van der Waals surface area contributed by atoms with Crippen LogP contribution in [0.25, 0.3) is 0 Å². The first-order chi connectivity index (χ1) is 9.69. The second-order valence-electron chi connectivity index (χ2n) is 6.01. The van der Waals surface area contributed by atoms with Crippen LogP contribution in [0.1, 0.15) is 26.2 Å². The van der Waals surface area contributed by atoms with Gasteiger partial charge in [-0.3, -0.25) is 4.79 Å². The number of rotatable bonds is 3. The molecule has 0 saturated carbocycles.